The van der Waals surface area contributed by atoms with Gasteiger partial charge in [0.05, 0.1) is 5.69 Å². The van der Waals surface area contributed by atoms with E-state index in [1.807, 2.05) is 25.1 Å². The maximum atomic E-state index is 12.6. The summed E-state index contributed by atoms with van der Waals surface area (Å²) in [6.45, 7) is 1.78. The molecule has 0 fully saturated rings. The standard InChI is InChI=1S/C18H17N5O2/c1-11-5-4-6-12(9-11)21-15(24)10-23-14-8-3-2-7-13(14)16(17(23)25)22-18(19)20/h2-9H,10H2,1H3,(H3,19,20)(H,21,24)/b22-16-. The van der Waals surface area contributed by atoms with Crippen LogP contribution in [0.2, 0.25) is 0 Å². The van der Waals surface area contributed by atoms with Crippen LogP contribution in [0.3, 0.4) is 0 Å². The van der Waals surface area contributed by atoms with Crippen molar-refractivity contribution in [2.24, 2.45) is 10.7 Å². The van der Waals surface area contributed by atoms with Crippen LogP contribution in [0.25, 0.3) is 0 Å². The quantitative estimate of drug-likeness (QED) is 0.586. The molecule has 0 atom stereocenters. The number of aryl methyl sites for hydroxylation is 1. The fraction of sp³-hybridized carbons (Fsp3) is 0.111. The Balaban J connectivity index is 1.84. The average molecular weight is 335 g/mol. The number of carbonyl (C=O) groups excluding carboxylic acids is 2. The first kappa shape index (κ1) is 16.4. The first-order valence-corrected chi connectivity index (χ1v) is 7.66. The van der Waals surface area contributed by atoms with Crippen LogP contribution in [0, 0.1) is 12.3 Å². The Labute approximate surface area is 144 Å². The molecule has 0 aliphatic carbocycles. The largest absolute Gasteiger partial charge is 0.368 e. The Morgan fingerprint density at radius 2 is 2.00 bits per heavy atom. The summed E-state index contributed by atoms with van der Waals surface area (Å²) < 4.78 is 0. The molecule has 2 amide bonds. The van der Waals surface area contributed by atoms with E-state index in [2.05, 4.69) is 10.3 Å². The number of guanidine groups is 1. The Kier molecular flexibility index (Phi) is 4.30. The fourth-order valence-electron chi connectivity index (χ4n) is 2.71. The fourth-order valence-corrected chi connectivity index (χ4v) is 2.71. The minimum absolute atomic E-state index is 0.0754. The predicted molar refractivity (Wildman–Crippen MR) is 97.1 cm³/mol. The smallest absolute Gasteiger partial charge is 0.278 e. The first-order chi connectivity index (χ1) is 12.0. The van der Waals surface area contributed by atoms with Crippen LogP contribution in [0.15, 0.2) is 53.5 Å². The van der Waals surface area contributed by atoms with Crippen molar-refractivity contribution in [1.29, 1.82) is 5.41 Å². The monoisotopic (exact) mass is 335 g/mol. The molecule has 0 bridgehead atoms. The lowest BCUT2D eigenvalue weighted by Gasteiger charge is -2.16. The zero-order valence-electron chi connectivity index (χ0n) is 13.6. The normalized spacial score (nSPS) is 14.5. The van der Waals surface area contributed by atoms with Crippen molar-refractivity contribution in [3.05, 3.63) is 59.7 Å². The molecule has 2 aromatic carbocycles. The number of nitrogens with two attached hydrogens (primary N) is 1. The highest BCUT2D eigenvalue weighted by Gasteiger charge is 2.34. The van der Waals surface area contributed by atoms with Crippen molar-refractivity contribution in [1.82, 2.24) is 0 Å². The van der Waals surface area contributed by atoms with Crippen LogP contribution < -0.4 is 16.0 Å². The van der Waals surface area contributed by atoms with Crippen LogP contribution in [0.5, 0.6) is 0 Å². The molecule has 7 heteroatoms. The molecule has 0 spiro atoms. The minimum Gasteiger partial charge on any atom is -0.368 e. The van der Waals surface area contributed by atoms with E-state index in [0.29, 0.717) is 16.9 Å². The molecule has 0 radical (unpaired) electrons. The highest BCUT2D eigenvalue weighted by atomic mass is 16.2. The molecule has 1 aliphatic rings. The summed E-state index contributed by atoms with van der Waals surface area (Å²) in [4.78, 5) is 30.1. The van der Waals surface area contributed by atoms with Crippen molar-refractivity contribution in [2.75, 3.05) is 16.8 Å². The molecule has 4 N–H and O–H groups in total. The number of fused-ring (bicyclic) bond motifs is 1. The summed E-state index contributed by atoms with van der Waals surface area (Å²) >= 11 is 0. The molecule has 0 saturated heterocycles. The van der Waals surface area contributed by atoms with Gasteiger partial charge in [0, 0.05) is 11.3 Å². The third-order valence-electron chi connectivity index (χ3n) is 3.73. The number of amides is 2. The lowest BCUT2D eigenvalue weighted by Crippen LogP contribution is -2.37. The summed E-state index contributed by atoms with van der Waals surface area (Å²) in [6.07, 6.45) is 0. The van der Waals surface area contributed by atoms with E-state index in [1.165, 1.54) is 4.90 Å². The van der Waals surface area contributed by atoms with Gasteiger partial charge >= 0.3 is 0 Å². The van der Waals surface area contributed by atoms with E-state index < -0.39 is 11.9 Å². The predicted octanol–water partition coefficient (Wildman–Crippen LogP) is 1.66. The number of nitrogens with one attached hydrogen (secondary N) is 2. The number of para-hydroxylation sites is 1. The summed E-state index contributed by atoms with van der Waals surface area (Å²) in [5.74, 6) is -1.22. The van der Waals surface area contributed by atoms with Crippen molar-refractivity contribution < 1.29 is 9.59 Å². The molecular weight excluding hydrogens is 318 g/mol. The van der Waals surface area contributed by atoms with E-state index >= 15 is 0 Å². The second-order valence-electron chi connectivity index (χ2n) is 5.67. The number of rotatable bonds is 3. The summed E-state index contributed by atoms with van der Waals surface area (Å²) in [5, 5.41) is 10.1. The van der Waals surface area contributed by atoms with Crippen LogP contribution in [0.4, 0.5) is 11.4 Å². The number of hydrogen-bond acceptors (Lipinski definition) is 3. The van der Waals surface area contributed by atoms with Gasteiger partial charge in [-0.1, -0.05) is 30.3 Å². The zero-order valence-corrected chi connectivity index (χ0v) is 13.6. The molecule has 1 aliphatic heterocycles. The van der Waals surface area contributed by atoms with E-state index in [4.69, 9.17) is 11.1 Å². The lowest BCUT2D eigenvalue weighted by molar-refractivity contribution is -0.118. The van der Waals surface area contributed by atoms with Gasteiger partial charge in [0.25, 0.3) is 5.91 Å². The molecule has 0 unspecified atom stereocenters. The third-order valence-corrected chi connectivity index (χ3v) is 3.73. The Morgan fingerprint density at radius 1 is 1.24 bits per heavy atom. The molecule has 0 aromatic heterocycles. The van der Waals surface area contributed by atoms with E-state index in [0.717, 1.165) is 5.56 Å². The van der Waals surface area contributed by atoms with Gasteiger partial charge in [-0.15, -0.1) is 0 Å². The lowest BCUT2D eigenvalue weighted by atomic mass is 10.1. The van der Waals surface area contributed by atoms with Gasteiger partial charge in [-0.25, -0.2) is 4.99 Å². The summed E-state index contributed by atoms with van der Waals surface area (Å²) in [6, 6.07) is 14.4. The maximum Gasteiger partial charge on any atom is 0.278 e. The molecule has 0 saturated carbocycles. The molecule has 7 nitrogen and oxygen atoms in total. The first-order valence-electron chi connectivity index (χ1n) is 7.66. The van der Waals surface area contributed by atoms with Crippen molar-refractivity contribution in [3.8, 4) is 0 Å². The van der Waals surface area contributed by atoms with Crippen LogP contribution in [-0.4, -0.2) is 30.0 Å². The van der Waals surface area contributed by atoms with Gasteiger partial charge in [-0.3, -0.25) is 19.9 Å². The Morgan fingerprint density at radius 3 is 2.72 bits per heavy atom. The molecule has 1 heterocycles. The molecule has 126 valence electrons. The van der Waals surface area contributed by atoms with Gasteiger partial charge in [-0.2, -0.15) is 0 Å². The van der Waals surface area contributed by atoms with Crippen molar-refractivity contribution in [3.63, 3.8) is 0 Å². The van der Waals surface area contributed by atoms with E-state index in [-0.39, 0.29) is 18.2 Å². The van der Waals surface area contributed by atoms with Crippen molar-refractivity contribution in [2.45, 2.75) is 6.92 Å². The van der Waals surface area contributed by atoms with Crippen LogP contribution in [0.1, 0.15) is 11.1 Å². The topological polar surface area (TPSA) is 112 Å². The second kappa shape index (κ2) is 6.56. The number of hydrogen-bond donors (Lipinski definition) is 3. The highest BCUT2D eigenvalue weighted by molar-refractivity contribution is 6.55. The van der Waals surface area contributed by atoms with Gasteiger partial charge < -0.3 is 11.1 Å². The number of nitrogens with zero attached hydrogens (tertiary/aromatic N) is 2. The number of anilines is 2. The zero-order chi connectivity index (χ0) is 18.0. The van der Waals surface area contributed by atoms with Gasteiger partial charge in [0.1, 0.15) is 12.3 Å². The van der Waals surface area contributed by atoms with E-state index in [1.54, 1.807) is 30.3 Å². The summed E-state index contributed by atoms with van der Waals surface area (Å²) in [7, 11) is 0. The number of carbonyl (C=O) groups is 2. The molecular formula is C18H17N5O2. The Hall–Kier alpha value is -3.48. The number of aliphatic imine (C=N–C) groups is 1. The average Bonchev–Trinajstić information content (AvgIpc) is 2.80. The van der Waals surface area contributed by atoms with E-state index in [9.17, 15) is 9.59 Å². The highest BCUT2D eigenvalue weighted by Crippen LogP contribution is 2.29. The third kappa shape index (κ3) is 3.40. The molecule has 2 aromatic rings. The van der Waals surface area contributed by atoms with Gasteiger partial charge in [0.2, 0.25) is 11.9 Å². The van der Waals surface area contributed by atoms with Crippen LogP contribution >= 0.6 is 0 Å². The number of benzene rings is 2. The van der Waals surface area contributed by atoms with Crippen molar-refractivity contribution >= 4 is 34.9 Å². The SMILES string of the molecule is Cc1cccc(NC(=O)CN2C(=O)/C(=N\C(=N)N)c3ccccc32)c1. The maximum absolute atomic E-state index is 12.6. The Bertz CT molecular complexity index is 904. The van der Waals surface area contributed by atoms with Gasteiger partial charge in [0.15, 0.2) is 0 Å². The van der Waals surface area contributed by atoms with Gasteiger partial charge in [-0.05, 0) is 30.7 Å². The second-order valence-corrected chi connectivity index (χ2v) is 5.67. The van der Waals surface area contributed by atoms with Crippen LogP contribution in [-0.2, 0) is 9.59 Å². The molecule has 3 rings (SSSR count). The minimum atomic E-state index is -0.454. The molecule has 25 heavy (non-hydrogen) atoms. The summed E-state index contributed by atoms with van der Waals surface area (Å²) in [5.41, 5.74) is 8.21.